The van der Waals surface area contributed by atoms with Gasteiger partial charge in [-0.15, -0.1) is 0 Å². The van der Waals surface area contributed by atoms with Crippen LogP contribution in [0.3, 0.4) is 0 Å². The predicted molar refractivity (Wildman–Crippen MR) is 59.0 cm³/mol. The third-order valence-electron chi connectivity index (χ3n) is 2.56. The second-order valence-electron chi connectivity index (χ2n) is 3.74. The van der Waals surface area contributed by atoms with Crippen LogP contribution >= 0.6 is 0 Å². The topological polar surface area (TPSA) is 37.4 Å². The first-order chi connectivity index (χ1) is 7.84. The number of ether oxygens (including phenoxy) is 1. The van der Waals surface area contributed by atoms with Crippen molar-refractivity contribution >= 4 is 0 Å². The van der Waals surface area contributed by atoms with Crippen molar-refractivity contribution in [2.24, 2.45) is 0 Å². The van der Waals surface area contributed by atoms with E-state index in [-0.39, 0.29) is 0 Å². The number of hydrogen-bond donors (Lipinski definition) is 1. The summed E-state index contributed by atoms with van der Waals surface area (Å²) >= 11 is 0. The largest absolute Gasteiger partial charge is 0.476 e. The zero-order chi connectivity index (χ0) is 11.2. The Labute approximate surface area is 94.4 Å². The number of rotatable bonds is 4. The molecule has 16 heavy (non-hydrogen) atoms. The van der Waals surface area contributed by atoms with Crippen LogP contribution in [0.1, 0.15) is 0 Å². The summed E-state index contributed by atoms with van der Waals surface area (Å²) < 4.78 is 18.1. The number of aromatic nitrogens is 1. The number of nitrogens with one attached hydrogen (secondary N) is 1. The minimum Gasteiger partial charge on any atom is -0.476 e. The minimum atomic E-state index is -0.500. The second kappa shape index (κ2) is 5.77. The molecule has 0 amide bonds. The van der Waals surface area contributed by atoms with Crippen molar-refractivity contribution in [3.05, 3.63) is 24.1 Å². The lowest BCUT2D eigenvalue weighted by Gasteiger charge is -2.26. The Balaban J connectivity index is 1.71. The van der Waals surface area contributed by atoms with E-state index in [0.29, 0.717) is 12.5 Å². The molecule has 1 saturated heterocycles. The molecule has 0 radical (unpaired) electrons. The van der Waals surface area contributed by atoms with E-state index in [0.717, 1.165) is 32.7 Å². The van der Waals surface area contributed by atoms with E-state index in [4.69, 9.17) is 4.74 Å². The molecule has 0 aromatic carbocycles. The summed E-state index contributed by atoms with van der Waals surface area (Å²) in [6.45, 7) is 5.55. The molecule has 0 atom stereocenters. The zero-order valence-electron chi connectivity index (χ0n) is 9.16. The van der Waals surface area contributed by atoms with Gasteiger partial charge in [-0.1, -0.05) is 6.07 Å². The third kappa shape index (κ3) is 3.43. The molecule has 1 aromatic heterocycles. The molecule has 0 spiro atoms. The number of halogens is 1. The van der Waals surface area contributed by atoms with Gasteiger partial charge in [0.2, 0.25) is 11.8 Å². The molecule has 5 heteroatoms. The summed E-state index contributed by atoms with van der Waals surface area (Å²) in [6, 6.07) is 4.58. The summed E-state index contributed by atoms with van der Waals surface area (Å²) in [7, 11) is 0. The molecule has 1 aromatic rings. The average molecular weight is 225 g/mol. The smallest absolute Gasteiger partial charge is 0.216 e. The number of nitrogens with zero attached hydrogens (tertiary/aromatic N) is 2. The van der Waals surface area contributed by atoms with E-state index >= 15 is 0 Å². The maximum Gasteiger partial charge on any atom is 0.216 e. The van der Waals surface area contributed by atoms with E-state index in [2.05, 4.69) is 15.2 Å². The molecule has 4 nitrogen and oxygen atoms in total. The molecule has 0 unspecified atom stereocenters. The van der Waals surface area contributed by atoms with Gasteiger partial charge in [-0.3, -0.25) is 4.90 Å². The molecular formula is C11H16FN3O. The van der Waals surface area contributed by atoms with Crippen molar-refractivity contribution in [2.75, 3.05) is 39.3 Å². The van der Waals surface area contributed by atoms with Gasteiger partial charge >= 0.3 is 0 Å². The number of piperazine rings is 1. The van der Waals surface area contributed by atoms with Gasteiger partial charge in [0.05, 0.1) is 0 Å². The first-order valence-corrected chi connectivity index (χ1v) is 5.53. The molecule has 0 saturated carbocycles. The average Bonchev–Trinajstić information content (AvgIpc) is 2.30. The molecule has 2 rings (SSSR count). The molecule has 2 heterocycles. The summed E-state index contributed by atoms with van der Waals surface area (Å²) in [5.74, 6) is -0.144. The molecule has 1 aliphatic rings. The lowest BCUT2D eigenvalue weighted by atomic mass is 10.4. The Morgan fingerprint density at radius 1 is 1.38 bits per heavy atom. The van der Waals surface area contributed by atoms with Crippen LogP contribution in [0.25, 0.3) is 0 Å². The van der Waals surface area contributed by atoms with E-state index in [9.17, 15) is 4.39 Å². The van der Waals surface area contributed by atoms with Crippen molar-refractivity contribution in [3.8, 4) is 5.88 Å². The van der Waals surface area contributed by atoms with Gasteiger partial charge in [-0.2, -0.15) is 9.37 Å². The minimum absolute atomic E-state index is 0.357. The first kappa shape index (κ1) is 11.3. The molecule has 1 aliphatic heterocycles. The summed E-state index contributed by atoms with van der Waals surface area (Å²) in [5.41, 5.74) is 0. The lowest BCUT2D eigenvalue weighted by Crippen LogP contribution is -2.44. The maximum atomic E-state index is 12.7. The fourth-order valence-electron chi connectivity index (χ4n) is 1.68. The van der Waals surface area contributed by atoms with Crippen molar-refractivity contribution in [2.45, 2.75) is 0 Å². The highest BCUT2D eigenvalue weighted by Gasteiger charge is 2.08. The molecule has 1 fully saturated rings. The van der Waals surface area contributed by atoms with Crippen molar-refractivity contribution in [3.63, 3.8) is 0 Å². The zero-order valence-corrected chi connectivity index (χ0v) is 9.16. The fourth-order valence-corrected chi connectivity index (χ4v) is 1.68. The standard InChI is InChI=1S/C11H16FN3O/c12-10-2-1-3-11(14-10)16-9-8-15-6-4-13-5-7-15/h1-3,13H,4-9H2. The molecule has 1 N–H and O–H groups in total. The van der Waals surface area contributed by atoms with Crippen LogP contribution < -0.4 is 10.1 Å². The van der Waals surface area contributed by atoms with E-state index in [1.165, 1.54) is 6.07 Å². The summed E-state index contributed by atoms with van der Waals surface area (Å²) in [4.78, 5) is 5.95. The number of pyridine rings is 1. The molecule has 0 bridgehead atoms. The predicted octanol–water partition coefficient (Wildman–Crippen LogP) is 0.505. The molecule has 0 aliphatic carbocycles. The summed E-state index contributed by atoms with van der Waals surface area (Å²) in [5, 5.41) is 3.29. The Morgan fingerprint density at radius 2 is 2.19 bits per heavy atom. The normalized spacial score (nSPS) is 17.3. The highest BCUT2D eigenvalue weighted by Crippen LogP contribution is 2.06. The Kier molecular flexibility index (Phi) is 4.07. The van der Waals surface area contributed by atoms with Gasteiger partial charge in [-0.05, 0) is 6.07 Å². The van der Waals surface area contributed by atoms with Crippen LogP contribution in [0.4, 0.5) is 4.39 Å². The van der Waals surface area contributed by atoms with Gasteiger partial charge in [-0.25, -0.2) is 0 Å². The highest BCUT2D eigenvalue weighted by atomic mass is 19.1. The molecular weight excluding hydrogens is 209 g/mol. The van der Waals surface area contributed by atoms with Gasteiger partial charge < -0.3 is 10.1 Å². The van der Waals surface area contributed by atoms with Gasteiger partial charge in [0, 0.05) is 38.8 Å². The highest BCUT2D eigenvalue weighted by molar-refractivity contribution is 5.10. The van der Waals surface area contributed by atoms with Gasteiger partial charge in [0.1, 0.15) is 6.61 Å². The SMILES string of the molecule is Fc1cccc(OCCN2CCNCC2)n1. The number of hydrogen-bond acceptors (Lipinski definition) is 4. The van der Waals surface area contributed by atoms with Crippen molar-refractivity contribution in [1.29, 1.82) is 0 Å². The van der Waals surface area contributed by atoms with Crippen molar-refractivity contribution < 1.29 is 9.13 Å². The van der Waals surface area contributed by atoms with Crippen LogP contribution in [0.15, 0.2) is 18.2 Å². The van der Waals surface area contributed by atoms with Crippen LogP contribution in [0.2, 0.25) is 0 Å². The van der Waals surface area contributed by atoms with Crippen LogP contribution in [0.5, 0.6) is 5.88 Å². The van der Waals surface area contributed by atoms with Crippen LogP contribution in [0, 0.1) is 5.95 Å². The van der Waals surface area contributed by atoms with Crippen molar-refractivity contribution in [1.82, 2.24) is 15.2 Å². The fraction of sp³-hybridized carbons (Fsp3) is 0.545. The second-order valence-corrected chi connectivity index (χ2v) is 3.74. The van der Waals surface area contributed by atoms with E-state index in [1.54, 1.807) is 12.1 Å². The van der Waals surface area contributed by atoms with Gasteiger partial charge in [0.25, 0.3) is 0 Å². The van der Waals surface area contributed by atoms with E-state index in [1.807, 2.05) is 0 Å². The summed E-state index contributed by atoms with van der Waals surface area (Å²) in [6.07, 6.45) is 0. The molecule has 88 valence electrons. The first-order valence-electron chi connectivity index (χ1n) is 5.53. The Bertz CT molecular complexity index is 329. The van der Waals surface area contributed by atoms with Crippen LogP contribution in [-0.2, 0) is 0 Å². The third-order valence-corrected chi connectivity index (χ3v) is 2.56. The van der Waals surface area contributed by atoms with E-state index < -0.39 is 5.95 Å². The Hall–Kier alpha value is -1.20. The Morgan fingerprint density at radius 3 is 2.94 bits per heavy atom. The maximum absolute atomic E-state index is 12.7. The quantitative estimate of drug-likeness (QED) is 0.757. The monoisotopic (exact) mass is 225 g/mol. The lowest BCUT2D eigenvalue weighted by molar-refractivity contribution is 0.187. The van der Waals surface area contributed by atoms with Gasteiger partial charge in [0.15, 0.2) is 0 Å². The van der Waals surface area contributed by atoms with Crippen LogP contribution in [-0.4, -0.2) is 49.2 Å².